The highest BCUT2D eigenvalue weighted by Gasteiger charge is 2.45. The van der Waals surface area contributed by atoms with E-state index in [4.69, 9.17) is 10.5 Å². The third-order valence-corrected chi connectivity index (χ3v) is 7.71. The van der Waals surface area contributed by atoms with Gasteiger partial charge in [-0.25, -0.2) is 4.79 Å². The molecule has 6 N–H and O–H groups in total. The van der Waals surface area contributed by atoms with E-state index in [2.05, 4.69) is 21.3 Å². The number of hydrogen-bond acceptors (Lipinski definition) is 8. The first-order valence-corrected chi connectivity index (χ1v) is 16.0. The monoisotopic (exact) mass is 658 g/mol. The molecule has 1 aromatic rings. The van der Waals surface area contributed by atoms with Crippen molar-refractivity contribution in [1.82, 2.24) is 26.2 Å². The molecule has 47 heavy (non-hydrogen) atoms. The Morgan fingerprint density at radius 3 is 2.17 bits per heavy atom. The normalized spacial score (nSPS) is 18.0. The number of carbonyl (C=O) groups is 7. The summed E-state index contributed by atoms with van der Waals surface area (Å²) in [6.07, 6.45) is 0.662. The summed E-state index contributed by atoms with van der Waals surface area (Å²) >= 11 is 0. The first-order valence-electron chi connectivity index (χ1n) is 16.0. The zero-order chi connectivity index (χ0) is 35.5. The molecule has 1 heterocycles. The molecule has 6 amide bonds. The highest BCUT2D eigenvalue weighted by molar-refractivity contribution is 6.38. The van der Waals surface area contributed by atoms with Gasteiger partial charge >= 0.3 is 6.09 Å². The van der Waals surface area contributed by atoms with E-state index in [9.17, 15) is 33.6 Å². The fourth-order valence-electron chi connectivity index (χ4n) is 5.22. The standard InChI is InChI=1S/C33H50N6O8/c1-8-12-22(26(41)30(44)35-17-24(40)37-25(28(34)42)21-13-10-9-11-14-21)36-29(43)23-16-15-20(4)39(23)31(45)27(33(5,6)7)38-32(46)47-18-19(2)3/h9-11,13-14,19-20,22-23,25,27H,8,12,15-18H2,1-7H3,(H2,34,42)(H,35,44)(H,36,43)(H,37,40)(H,38,46)/t20?,22?,23-,25?,27+/m0/s1. The van der Waals surface area contributed by atoms with Crippen LogP contribution in [0.2, 0.25) is 0 Å². The first kappa shape index (κ1) is 38.7. The number of carbonyl (C=O) groups excluding carboxylic acids is 7. The first-order chi connectivity index (χ1) is 22.0. The average Bonchev–Trinajstić information content (AvgIpc) is 3.40. The van der Waals surface area contributed by atoms with Crippen molar-refractivity contribution in [3.05, 3.63) is 35.9 Å². The maximum absolute atomic E-state index is 13.9. The molecule has 3 unspecified atom stereocenters. The molecule has 5 atom stereocenters. The Balaban J connectivity index is 2.10. The summed E-state index contributed by atoms with van der Waals surface area (Å²) in [5.41, 5.74) is 5.15. The maximum Gasteiger partial charge on any atom is 0.407 e. The molecular formula is C33H50N6O8. The Morgan fingerprint density at radius 1 is 0.979 bits per heavy atom. The number of rotatable bonds is 15. The molecule has 0 radical (unpaired) electrons. The second-order valence-electron chi connectivity index (χ2n) is 13.3. The van der Waals surface area contributed by atoms with E-state index in [-0.39, 0.29) is 25.0 Å². The van der Waals surface area contributed by atoms with Crippen molar-refractivity contribution >= 4 is 41.4 Å². The molecular weight excluding hydrogens is 608 g/mol. The Morgan fingerprint density at radius 2 is 1.62 bits per heavy atom. The molecule has 1 fully saturated rings. The number of ether oxygens (including phenoxy) is 1. The van der Waals surface area contributed by atoms with Crippen molar-refractivity contribution in [3.8, 4) is 0 Å². The van der Waals surface area contributed by atoms with E-state index in [1.54, 1.807) is 65.0 Å². The summed E-state index contributed by atoms with van der Waals surface area (Å²) in [4.78, 5) is 91.7. The Kier molecular flexibility index (Phi) is 14.4. The van der Waals surface area contributed by atoms with Crippen LogP contribution in [0.1, 0.15) is 85.8 Å². The topological polar surface area (TPSA) is 206 Å². The second kappa shape index (κ2) is 17.4. The predicted octanol–water partition coefficient (Wildman–Crippen LogP) is 1.48. The third kappa shape index (κ3) is 11.4. The van der Waals surface area contributed by atoms with Gasteiger partial charge in [0.25, 0.3) is 5.91 Å². The molecule has 0 saturated carbocycles. The zero-order valence-electron chi connectivity index (χ0n) is 28.4. The minimum absolute atomic E-state index is 0.100. The molecule has 1 aliphatic heterocycles. The van der Waals surface area contributed by atoms with Crippen LogP contribution in [0.25, 0.3) is 0 Å². The predicted molar refractivity (Wildman–Crippen MR) is 173 cm³/mol. The van der Waals surface area contributed by atoms with Crippen LogP contribution in [0.15, 0.2) is 30.3 Å². The van der Waals surface area contributed by atoms with Gasteiger partial charge in [0.05, 0.1) is 19.2 Å². The fraction of sp³-hybridized carbons (Fsp3) is 0.606. The van der Waals surface area contributed by atoms with Crippen LogP contribution >= 0.6 is 0 Å². The lowest BCUT2D eigenvalue weighted by Crippen LogP contribution is -2.60. The minimum Gasteiger partial charge on any atom is -0.449 e. The van der Waals surface area contributed by atoms with Crippen molar-refractivity contribution in [1.29, 1.82) is 0 Å². The van der Waals surface area contributed by atoms with Gasteiger partial charge in [-0.1, -0.05) is 78.3 Å². The molecule has 0 bridgehead atoms. The molecule has 0 aromatic heterocycles. The summed E-state index contributed by atoms with van der Waals surface area (Å²) in [5.74, 6) is -4.59. The largest absolute Gasteiger partial charge is 0.449 e. The van der Waals surface area contributed by atoms with Gasteiger partial charge in [0, 0.05) is 6.04 Å². The Hall–Kier alpha value is -4.49. The van der Waals surface area contributed by atoms with Gasteiger partial charge in [0.2, 0.25) is 29.4 Å². The minimum atomic E-state index is -1.21. The van der Waals surface area contributed by atoms with E-state index in [0.717, 1.165) is 0 Å². The quantitative estimate of drug-likeness (QED) is 0.174. The van der Waals surface area contributed by atoms with Crippen molar-refractivity contribution in [2.24, 2.45) is 17.1 Å². The highest BCUT2D eigenvalue weighted by Crippen LogP contribution is 2.29. The summed E-state index contributed by atoms with van der Waals surface area (Å²) in [5, 5.41) is 9.97. The zero-order valence-corrected chi connectivity index (χ0v) is 28.4. The van der Waals surface area contributed by atoms with E-state index in [0.29, 0.717) is 24.8 Å². The van der Waals surface area contributed by atoms with Crippen molar-refractivity contribution in [3.63, 3.8) is 0 Å². The molecule has 14 heteroatoms. The number of Topliss-reactive ketones (excluding diaryl/α,β-unsaturated/α-hetero) is 1. The lowest BCUT2D eigenvalue weighted by molar-refractivity contribution is -0.145. The Bertz CT molecular complexity index is 1300. The van der Waals surface area contributed by atoms with Crippen molar-refractivity contribution in [2.75, 3.05) is 13.2 Å². The van der Waals surface area contributed by atoms with E-state index < -0.39 is 77.5 Å². The fourth-order valence-corrected chi connectivity index (χ4v) is 5.22. The molecule has 1 saturated heterocycles. The lowest BCUT2D eigenvalue weighted by Gasteiger charge is -2.37. The smallest absolute Gasteiger partial charge is 0.407 e. The van der Waals surface area contributed by atoms with E-state index in [1.807, 2.05) is 13.8 Å². The molecule has 1 aliphatic rings. The molecule has 260 valence electrons. The van der Waals surface area contributed by atoms with Crippen LogP contribution in [-0.2, 0) is 33.5 Å². The van der Waals surface area contributed by atoms with Crippen LogP contribution in [0.4, 0.5) is 4.79 Å². The van der Waals surface area contributed by atoms with Gasteiger partial charge < -0.3 is 36.6 Å². The maximum atomic E-state index is 13.9. The van der Waals surface area contributed by atoms with Gasteiger partial charge in [-0.3, -0.25) is 28.8 Å². The van der Waals surface area contributed by atoms with Crippen LogP contribution in [0, 0.1) is 11.3 Å². The number of benzene rings is 1. The number of nitrogens with two attached hydrogens (primary N) is 1. The molecule has 1 aromatic carbocycles. The van der Waals surface area contributed by atoms with Gasteiger partial charge in [-0.15, -0.1) is 0 Å². The summed E-state index contributed by atoms with van der Waals surface area (Å²) in [6.45, 7) is 12.3. The number of primary amides is 1. The van der Waals surface area contributed by atoms with Gasteiger partial charge in [-0.05, 0) is 43.1 Å². The SMILES string of the molecule is CCCC(NC(=O)[C@@H]1CCC(C)N1C(=O)[C@@H](NC(=O)OCC(C)C)C(C)(C)C)C(=O)C(=O)NCC(=O)NC(C(N)=O)c1ccccc1. The van der Waals surface area contributed by atoms with Crippen LogP contribution < -0.4 is 27.0 Å². The number of hydrogen-bond donors (Lipinski definition) is 5. The number of alkyl carbamates (subject to hydrolysis) is 1. The molecule has 14 nitrogen and oxygen atoms in total. The van der Waals surface area contributed by atoms with E-state index in [1.165, 1.54) is 4.90 Å². The number of nitrogens with zero attached hydrogens (tertiary/aromatic N) is 1. The summed E-state index contributed by atoms with van der Waals surface area (Å²) in [6, 6.07) is 3.66. The Labute approximate surface area is 276 Å². The summed E-state index contributed by atoms with van der Waals surface area (Å²) < 4.78 is 5.23. The lowest BCUT2D eigenvalue weighted by atomic mass is 9.85. The third-order valence-electron chi connectivity index (χ3n) is 7.71. The van der Waals surface area contributed by atoms with Gasteiger partial charge in [0.15, 0.2) is 0 Å². The molecule has 0 aliphatic carbocycles. The summed E-state index contributed by atoms with van der Waals surface area (Å²) in [7, 11) is 0. The van der Waals surface area contributed by atoms with Crippen molar-refractivity contribution < 1.29 is 38.3 Å². The highest BCUT2D eigenvalue weighted by atomic mass is 16.5. The van der Waals surface area contributed by atoms with Gasteiger partial charge in [0.1, 0.15) is 18.1 Å². The van der Waals surface area contributed by atoms with Crippen LogP contribution in [0.3, 0.4) is 0 Å². The number of ketones is 1. The number of likely N-dealkylation sites (tertiary alicyclic amines) is 1. The average molecular weight is 659 g/mol. The van der Waals surface area contributed by atoms with Crippen LogP contribution in [0.5, 0.6) is 0 Å². The van der Waals surface area contributed by atoms with E-state index >= 15 is 0 Å². The number of nitrogens with one attached hydrogen (secondary N) is 4. The van der Waals surface area contributed by atoms with Crippen molar-refractivity contribution in [2.45, 2.75) is 104 Å². The van der Waals surface area contributed by atoms with Gasteiger partial charge in [-0.2, -0.15) is 0 Å². The molecule has 2 rings (SSSR count). The number of amides is 6. The molecule has 0 spiro atoms. The van der Waals surface area contributed by atoms with Crippen LogP contribution in [-0.4, -0.2) is 83.6 Å². The second-order valence-corrected chi connectivity index (χ2v) is 13.3.